The molecule has 1 aliphatic rings. The Bertz CT molecular complexity index is 1030. The van der Waals surface area contributed by atoms with E-state index in [1.165, 1.54) is 6.20 Å². The molecule has 0 unspecified atom stereocenters. The molecule has 2 N–H and O–H groups in total. The molecule has 0 aliphatic heterocycles. The number of urea groups is 1. The summed E-state index contributed by atoms with van der Waals surface area (Å²) in [6, 6.07) is 19.3. The Morgan fingerprint density at radius 1 is 1.03 bits per heavy atom. The van der Waals surface area contributed by atoms with Crippen LogP contribution in [0.15, 0.2) is 60.8 Å². The Morgan fingerprint density at radius 2 is 1.83 bits per heavy atom. The second kappa shape index (κ2) is 8.61. The van der Waals surface area contributed by atoms with Crippen molar-refractivity contribution >= 4 is 22.5 Å². The summed E-state index contributed by atoms with van der Waals surface area (Å²) in [7, 11) is 0. The Labute approximate surface area is 169 Å². The predicted octanol–water partition coefficient (Wildman–Crippen LogP) is 4.62. The van der Waals surface area contributed by atoms with Gasteiger partial charge in [0.15, 0.2) is 0 Å². The maximum Gasteiger partial charge on any atom is 0.319 e. The smallest absolute Gasteiger partial charge is 0.319 e. The maximum atomic E-state index is 12.5. The van der Waals surface area contributed by atoms with Crippen LogP contribution in [0.5, 0.6) is 5.88 Å². The number of amides is 2. The number of hydrogen-bond acceptors (Lipinski definition) is 4. The standard InChI is InChI=1S/C23H22N4O2/c24-14-16-8-13-22(25-15-16)29-19-11-9-18(10-12-19)26-23(28)27-21-7-3-5-17-4-1-2-6-20(17)21/h1-8,13,15,18-19H,9-12H2,(H2,26,27,28). The van der Waals surface area contributed by atoms with E-state index in [0.29, 0.717) is 11.4 Å². The van der Waals surface area contributed by atoms with E-state index < -0.39 is 0 Å². The van der Waals surface area contributed by atoms with Crippen LogP contribution in [0.4, 0.5) is 10.5 Å². The molecule has 0 bridgehead atoms. The molecule has 146 valence electrons. The second-order valence-corrected chi connectivity index (χ2v) is 7.21. The van der Waals surface area contributed by atoms with Gasteiger partial charge in [-0.25, -0.2) is 9.78 Å². The zero-order valence-electron chi connectivity index (χ0n) is 16.0. The van der Waals surface area contributed by atoms with Crippen molar-refractivity contribution in [2.75, 3.05) is 5.32 Å². The molecule has 29 heavy (non-hydrogen) atoms. The van der Waals surface area contributed by atoms with Crippen molar-refractivity contribution in [3.63, 3.8) is 0 Å². The molecule has 6 nitrogen and oxygen atoms in total. The number of rotatable bonds is 4. The van der Waals surface area contributed by atoms with Crippen molar-refractivity contribution in [1.82, 2.24) is 10.3 Å². The minimum Gasteiger partial charge on any atom is -0.474 e. The largest absolute Gasteiger partial charge is 0.474 e. The van der Waals surface area contributed by atoms with Crippen LogP contribution in [0.25, 0.3) is 10.8 Å². The maximum absolute atomic E-state index is 12.5. The van der Waals surface area contributed by atoms with Gasteiger partial charge >= 0.3 is 6.03 Å². The summed E-state index contributed by atoms with van der Waals surface area (Å²) in [4.78, 5) is 16.6. The van der Waals surface area contributed by atoms with Crippen LogP contribution in [0, 0.1) is 11.3 Å². The molecule has 1 heterocycles. The van der Waals surface area contributed by atoms with Gasteiger partial charge in [-0.05, 0) is 43.2 Å². The van der Waals surface area contributed by atoms with Gasteiger partial charge in [0.05, 0.1) is 11.3 Å². The predicted molar refractivity (Wildman–Crippen MR) is 112 cm³/mol. The van der Waals surface area contributed by atoms with E-state index >= 15 is 0 Å². The van der Waals surface area contributed by atoms with Crippen LogP contribution in [0.3, 0.4) is 0 Å². The lowest BCUT2D eigenvalue weighted by Crippen LogP contribution is -2.41. The number of hydrogen-bond donors (Lipinski definition) is 2. The van der Waals surface area contributed by atoms with Crippen LogP contribution in [0.1, 0.15) is 31.2 Å². The molecule has 2 aromatic carbocycles. The molecule has 0 spiro atoms. The SMILES string of the molecule is N#Cc1ccc(OC2CCC(NC(=O)Nc3cccc4ccccc34)CC2)nc1. The van der Waals surface area contributed by atoms with Crippen molar-refractivity contribution < 1.29 is 9.53 Å². The lowest BCUT2D eigenvalue weighted by molar-refractivity contribution is 0.135. The molecule has 6 heteroatoms. The molecule has 1 saturated carbocycles. The number of ether oxygens (including phenoxy) is 1. The molecule has 0 radical (unpaired) electrons. The molecule has 0 atom stereocenters. The van der Waals surface area contributed by atoms with Gasteiger partial charge in [-0.2, -0.15) is 5.26 Å². The minimum absolute atomic E-state index is 0.0783. The highest BCUT2D eigenvalue weighted by molar-refractivity contribution is 6.01. The quantitative estimate of drug-likeness (QED) is 0.685. The van der Waals surface area contributed by atoms with Gasteiger partial charge in [0.1, 0.15) is 12.2 Å². The molecule has 4 rings (SSSR count). The topological polar surface area (TPSA) is 87.0 Å². The summed E-state index contributed by atoms with van der Waals surface area (Å²) >= 11 is 0. The average Bonchev–Trinajstić information content (AvgIpc) is 2.76. The highest BCUT2D eigenvalue weighted by Gasteiger charge is 2.24. The monoisotopic (exact) mass is 386 g/mol. The Kier molecular flexibility index (Phi) is 5.57. The van der Waals surface area contributed by atoms with Gasteiger partial charge in [0, 0.05) is 23.7 Å². The first-order valence-corrected chi connectivity index (χ1v) is 9.79. The number of fused-ring (bicyclic) bond motifs is 1. The lowest BCUT2D eigenvalue weighted by atomic mass is 9.93. The fraction of sp³-hybridized carbons (Fsp3) is 0.261. The van der Waals surface area contributed by atoms with E-state index in [1.807, 2.05) is 48.5 Å². The minimum atomic E-state index is -0.181. The zero-order valence-corrected chi connectivity index (χ0v) is 16.0. The van der Waals surface area contributed by atoms with Crippen LogP contribution in [-0.2, 0) is 0 Å². The summed E-state index contributed by atoms with van der Waals surface area (Å²) in [6.07, 6.45) is 4.99. The average molecular weight is 386 g/mol. The Hall–Kier alpha value is -3.59. The van der Waals surface area contributed by atoms with E-state index in [1.54, 1.807) is 12.1 Å². The van der Waals surface area contributed by atoms with Gasteiger partial charge < -0.3 is 15.4 Å². The third kappa shape index (κ3) is 4.64. The number of carbonyl (C=O) groups is 1. The second-order valence-electron chi connectivity index (χ2n) is 7.21. The van der Waals surface area contributed by atoms with Gasteiger partial charge in [-0.1, -0.05) is 36.4 Å². The fourth-order valence-corrected chi connectivity index (χ4v) is 3.69. The first-order valence-electron chi connectivity index (χ1n) is 9.79. The lowest BCUT2D eigenvalue weighted by Gasteiger charge is -2.29. The number of nitrogens with zero attached hydrogens (tertiary/aromatic N) is 2. The summed E-state index contributed by atoms with van der Waals surface area (Å²) in [5.41, 5.74) is 1.33. The highest BCUT2D eigenvalue weighted by Crippen LogP contribution is 2.25. The summed E-state index contributed by atoms with van der Waals surface area (Å²) in [6.45, 7) is 0. The summed E-state index contributed by atoms with van der Waals surface area (Å²) in [5.74, 6) is 0.536. The number of carbonyl (C=O) groups excluding carboxylic acids is 1. The van der Waals surface area contributed by atoms with Crippen molar-refractivity contribution in [2.45, 2.75) is 37.8 Å². The first-order chi connectivity index (χ1) is 14.2. The van der Waals surface area contributed by atoms with E-state index in [2.05, 4.69) is 15.6 Å². The van der Waals surface area contributed by atoms with Gasteiger partial charge in [-0.3, -0.25) is 0 Å². The molecule has 3 aromatic rings. The number of pyridine rings is 1. The summed E-state index contributed by atoms with van der Waals surface area (Å²) < 4.78 is 5.90. The highest BCUT2D eigenvalue weighted by atomic mass is 16.5. The number of anilines is 1. The van der Waals surface area contributed by atoms with E-state index in [9.17, 15) is 4.79 Å². The molecular formula is C23H22N4O2. The molecule has 1 aromatic heterocycles. The van der Waals surface area contributed by atoms with Crippen LogP contribution >= 0.6 is 0 Å². The van der Waals surface area contributed by atoms with Crippen molar-refractivity contribution in [3.05, 3.63) is 66.4 Å². The van der Waals surface area contributed by atoms with Gasteiger partial charge in [0.2, 0.25) is 5.88 Å². The first kappa shape index (κ1) is 18.8. The summed E-state index contributed by atoms with van der Waals surface area (Å²) in [5, 5.41) is 17.0. The Balaban J connectivity index is 1.28. The van der Waals surface area contributed by atoms with E-state index in [4.69, 9.17) is 10.00 Å². The number of nitrogens with one attached hydrogen (secondary N) is 2. The van der Waals surface area contributed by atoms with E-state index in [0.717, 1.165) is 42.1 Å². The normalized spacial score (nSPS) is 18.6. The molecule has 0 saturated heterocycles. The van der Waals surface area contributed by atoms with Crippen molar-refractivity contribution in [2.24, 2.45) is 0 Å². The van der Waals surface area contributed by atoms with Crippen LogP contribution in [-0.4, -0.2) is 23.2 Å². The van der Waals surface area contributed by atoms with Crippen LogP contribution in [0.2, 0.25) is 0 Å². The third-order valence-electron chi connectivity index (χ3n) is 5.20. The van der Waals surface area contributed by atoms with Crippen molar-refractivity contribution in [1.29, 1.82) is 5.26 Å². The Morgan fingerprint density at radius 3 is 2.59 bits per heavy atom. The van der Waals surface area contributed by atoms with Crippen molar-refractivity contribution in [3.8, 4) is 11.9 Å². The van der Waals surface area contributed by atoms with Gasteiger partial charge in [0.25, 0.3) is 0 Å². The number of benzene rings is 2. The fourth-order valence-electron chi connectivity index (χ4n) is 3.69. The zero-order chi connectivity index (χ0) is 20.1. The molecule has 1 aliphatic carbocycles. The van der Waals surface area contributed by atoms with Crippen LogP contribution < -0.4 is 15.4 Å². The number of aromatic nitrogens is 1. The molecular weight excluding hydrogens is 364 g/mol. The number of nitriles is 1. The van der Waals surface area contributed by atoms with E-state index in [-0.39, 0.29) is 18.2 Å². The molecule has 1 fully saturated rings. The third-order valence-corrected chi connectivity index (χ3v) is 5.20. The molecule has 2 amide bonds. The van der Waals surface area contributed by atoms with Gasteiger partial charge in [-0.15, -0.1) is 0 Å².